The lowest BCUT2D eigenvalue weighted by molar-refractivity contribution is -0.385. The predicted molar refractivity (Wildman–Crippen MR) is 110 cm³/mol. The van der Waals surface area contributed by atoms with Crippen molar-refractivity contribution in [3.05, 3.63) is 75.5 Å². The first-order valence-corrected chi connectivity index (χ1v) is 8.84. The molecule has 0 unspecified atom stereocenters. The predicted octanol–water partition coefficient (Wildman–Crippen LogP) is 4.30. The number of benzene rings is 2. The number of furan rings is 1. The van der Waals surface area contributed by atoms with Crippen molar-refractivity contribution < 1.29 is 18.8 Å². The topological polar surface area (TPSA) is 99.1 Å². The van der Waals surface area contributed by atoms with Gasteiger partial charge >= 0.3 is 0 Å². The second kappa shape index (κ2) is 8.92. The Bertz CT molecular complexity index is 1040. The monoisotopic (exact) mass is 395 g/mol. The molecule has 29 heavy (non-hydrogen) atoms. The number of methoxy groups -OCH3 is 2. The van der Waals surface area contributed by atoms with Gasteiger partial charge in [0.15, 0.2) is 11.5 Å². The van der Waals surface area contributed by atoms with Gasteiger partial charge in [-0.15, -0.1) is 0 Å². The van der Waals surface area contributed by atoms with Crippen molar-refractivity contribution in [2.45, 2.75) is 13.5 Å². The van der Waals surface area contributed by atoms with Crippen LogP contribution in [-0.4, -0.2) is 25.4 Å². The minimum absolute atomic E-state index is 0.0608. The normalized spacial score (nSPS) is 10.9. The Kier molecular flexibility index (Phi) is 6.13. The molecule has 150 valence electrons. The Labute approximate surface area is 167 Å². The lowest BCUT2D eigenvalue weighted by Crippen LogP contribution is -2.05. The number of nitrogens with one attached hydrogen (secondary N) is 1. The molecule has 0 radical (unpaired) electrons. The maximum atomic E-state index is 11.1. The maximum Gasteiger partial charge on any atom is 0.273 e. The molecule has 0 fully saturated rings. The highest BCUT2D eigenvalue weighted by molar-refractivity contribution is 5.77. The van der Waals surface area contributed by atoms with Gasteiger partial charge in [-0.3, -0.25) is 10.1 Å². The van der Waals surface area contributed by atoms with E-state index in [2.05, 4.69) is 10.5 Å². The summed E-state index contributed by atoms with van der Waals surface area (Å²) in [4.78, 5) is 10.7. The number of aryl methyl sites for hydroxylation is 1. The maximum absolute atomic E-state index is 11.1. The lowest BCUT2D eigenvalue weighted by atomic mass is 10.1. The third-order valence-electron chi connectivity index (χ3n) is 4.33. The number of nitro benzene ring substituents is 1. The summed E-state index contributed by atoms with van der Waals surface area (Å²) in [6, 6.07) is 14.1. The molecular formula is C21H21N3O5. The number of rotatable bonds is 8. The quantitative estimate of drug-likeness (QED) is 0.347. The Morgan fingerprint density at radius 2 is 1.90 bits per heavy atom. The van der Waals surface area contributed by atoms with Gasteiger partial charge in [0.05, 0.1) is 31.9 Å². The molecule has 0 saturated heterocycles. The van der Waals surface area contributed by atoms with Gasteiger partial charge in [-0.25, -0.2) is 0 Å². The summed E-state index contributed by atoms with van der Waals surface area (Å²) in [5.41, 5.74) is 5.23. The molecule has 2 aromatic carbocycles. The first-order chi connectivity index (χ1) is 14.0. The van der Waals surface area contributed by atoms with Gasteiger partial charge in [-0.05, 0) is 36.8 Å². The first kappa shape index (κ1) is 19.9. The summed E-state index contributed by atoms with van der Waals surface area (Å²) in [5, 5.41) is 15.3. The molecule has 8 nitrogen and oxygen atoms in total. The number of hydrazone groups is 1. The Balaban J connectivity index is 1.64. The Morgan fingerprint density at radius 3 is 2.62 bits per heavy atom. The number of hydrogen-bond acceptors (Lipinski definition) is 7. The van der Waals surface area contributed by atoms with Gasteiger partial charge in [0.1, 0.15) is 11.5 Å². The van der Waals surface area contributed by atoms with Crippen LogP contribution in [0.4, 0.5) is 5.69 Å². The SMILES string of the molecule is COc1ccc(CN/N=C\c2ccc(-c3ccc(C)c([N+](=O)[O-])c3)o2)cc1OC. The molecule has 0 bridgehead atoms. The second-order valence-corrected chi connectivity index (χ2v) is 6.24. The molecule has 1 heterocycles. The van der Waals surface area contributed by atoms with Gasteiger partial charge in [0.2, 0.25) is 0 Å². The van der Waals surface area contributed by atoms with E-state index in [0.717, 1.165) is 5.56 Å². The highest BCUT2D eigenvalue weighted by Crippen LogP contribution is 2.28. The van der Waals surface area contributed by atoms with Crippen molar-refractivity contribution in [3.63, 3.8) is 0 Å². The zero-order valence-corrected chi connectivity index (χ0v) is 16.3. The van der Waals surface area contributed by atoms with Crippen LogP contribution >= 0.6 is 0 Å². The molecule has 0 amide bonds. The average molecular weight is 395 g/mol. The molecule has 3 rings (SSSR count). The standard InChI is InChI=1S/C21H21N3O5/c1-14-4-6-16(11-18(14)24(25)26)19-9-7-17(29-19)13-23-22-12-15-5-8-20(27-2)21(10-15)28-3/h4-11,13,22H,12H2,1-3H3/b23-13-. The van der Waals surface area contributed by atoms with Crippen LogP contribution in [0.3, 0.4) is 0 Å². The number of nitrogens with zero attached hydrogens (tertiary/aromatic N) is 2. The molecule has 1 N–H and O–H groups in total. The lowest BCUT2D eigenvalue weighted by Gasteiger charge is -2.09. The Hall–Kier alpha value is -3.81. The van der Waals surface area contributed by atoms with Crippen LogP contribution < -0.4 is 14.9 Å². The molecule has 0 spiro atoms. The van der Waals surface area contributed by atoms with Gasteiger partial charge in [0.25, 0.3) is 5.69 Å². The summed E-state index contributed by atoms with van der Waals surface area (Å²) >= 11 is 0. The van der Waals surface area contributed by atoms with Crippen molar-refractivity contribution in [2.24, 2.45) is 5.10 Å². The molecule has 0 aliphatic carbocycles. The molecule has 1 aromatic heterocycles. The Morgan fingerprint density at radius 1 is 1.10 bits per heavy atom. The second-order valence-electron chi connectivity index (χ2n) is 6.24. The van der Waals surface area contributed by atoms with Crippen LogP contribution in [0.5, 0.6) is 11.5 Å². The number of hydrogen-bond donors (Lipinski definition) is 1. The zero-order valence-electron chi connectivity index (χ0n) is 16.3. The van der Waals surface area contributed by atoms with Crippen molar-refractivity contribution in [1.82, 2.24) is 5.43 Å². The largest absolute Gasteiger partial charge is 0.493 e. The van der Waals surface area contributed by atoms with Gasteiger partial charge in [-0.2, -0.15) is 5.10 Å². The zero-order chi connectivity index (χ0) is 20.8. The summed E-state index contributed by atoms with van der Waals surface area (Å²) < 4.78 is 16.2. The van der Waals surface area contributed by atoms with E-state index in [1.807, 2.05) is 18.2 Å². The first-order valence-electron chi connectivity index (χ1n) is 8.84. The van der Waals surface area contributed by atoms with Crippen molar-refractivity contribution in [2.75, 3.05) is 14.2 Å². The fourth-order valence-corrected chi connectivity index (χ4v) is 2.77. The smallest absolute Gasteiger partial charge is 0.273 e. The third-order valence-corrected chi connectivity index (χ3v) is 4.33. The van der Waals surface area contributed by atoms with E-state index in [1.54, 1.807) is 51.6 Å². The minimum Gasteiger partial charge on any atom is -0.493 e. The average Bonchev–Trinajstić information content (AvgIpc) is 3.20. The van der Waals surface area contributed by atoms with Crippen LogP contribution in [0.2, 0.25) is 0 Å². The van der Waals surface area contributed by atoms with Gasteiger partial charge in [0, 0.05) is 17.2 Å². The van der Waals surface area contributed by atoms with Crippen molar-refractivity contribution >= 4 is 11.9 Å². The summed E-state index contributed by atoms with van der Waals surface area (Å²) in [6.45, 7) is 2.20. The fourth-order valence-electron chi connectivity index (χ4n) is 2.77. The van der Waals surface area contributed by atoms with E-state index in [4.69, 9.17) is 13.9 Å². The van der Waals surface area contributed by atoms with E-state index in [-0.39, 0.29) is 5.69 Å². The van der Waals surface area contributed by atoms with Crippen LogP contribution in [-0.2, 0) is 6.54 Å². The molecule has 0 aliphatic heterocycles. The fraction of sp³-hybridized carbons (Fsp3) is 0.190. The minimum atomic E-state index is -0.401. The van der Waals surface area contributed by atoms with E-state index in [0.29, 0.717) is 40.7 Å². The number of nitro groups is 1. The van der Waals surface area contributed by atoms with Crippen molar-refractivity contribution in [3.8, 4) is 22.8 Å². The highest BCUT2D eigenvalue weighted by Gasteiger charge is 2.13. The van der Waals surface area contributed by atoms with E-state index in [1.165, 1.54) is 6.07 Å². The molecule has 8 heteroatoms. The van der Waals surface area contributed by atoms with E-state index < -0.39 is 4.92 Å². The molecular weight excluding hydrogens is 374 g/mol. The third kappa shape index (κ3) is 4.73. The van der Waals surface area contributed by atoms with E-state index >= 15 is 0 Å². The van der Waals surface area contributed by atoms with Crippen LogP contribution in [0, 0.1) is 17.0 Å². The van der Waals surface area contributed by atoms with Gasteiger partial charge in [-0.1, -0.05) is 18.2 Å². The number of ether oxygens (including phenoxy) is 2. The van der Waals surface area contributed by atoms with E-state index in [9.17, 15) is 10.1 Å². The summed E-state index contributed by atoms with van der Waals surface area (Å²) in [5.74, 6) is 2.38. The molecule has 0 saturated carbocycles. The van der Waals surface area contributed by atoms with Gasteiger partial charge < -0.3 is 19.3 Å². The van der Waals surface area contributed by atoms with Crippen LogP contribution in [0.15, 0.2) is 58.0 Å². The molecule has 0 atom stereocenters. The van der Waals surface area contributed by atoms with Crippen molar-refractivity contribution in [1.29, 1.82) is 0 Å². The van der Waals surface area contributed by atoms with Crippen LogP contribution in [0.1, 0.15) is 16.9 Å². The summed E-state index contributed by atoms with van der Waals surface area (Å²) in [7, 11) is 3.18. The molecule has 3 aromatic rings. The summed E-state index contributed by atoms with van der Waals surface area (Å²) in [6.07, 6.45) is 1.55. The van der Waals surface area contributed by atoms with Crippen LogP contribution in [0.25, 0.3) is 11.3 Å². The highest BCUT2D eigenvalue weighted by atomic mass is 16.6. The molecule has 0 aliphatic rings.